The monoisotopic (exact) mass is 142 g/mol. The fourth-order valence-electron chi connectivity index (χ4n) is 0.571. The van der Waals surface area contributed by atoms with Gasteiger partial charge >= 0.3 is 0 Å². The Bertz CT molecular complexity index is 69.8. The summed E-state index contributed by atoms with van der Waals surface area (Å²) in [7, 11) is 0. The Kier molecular flexibility index (Phi) is 19.2. The number of unbranched alkanes of at least 4 members (excludes halogenated alkanes) is 3. The minimum absolute atomic E-state index is 0.861. The molecule has 2 heteroatoms. The van der Waals surface area contributed by atoms with Crippen molar-refractivity contribution in [1.82, 2.24) is 0 Å². The predicted octanol–water partition coefficient (Wildman–Crippen LogP) is 2.06. The van der Waals surface area contributed by atoms with Crippen LogP contribution in [0.25, 0.3) is 0 Å². The maximum absolute atomic E-state index is 7.32. The molecule has 60 valence electrons. The van der Waals surface area contributed by atoms with Crippen LogP contribution in [0.2, 0.25) is 0 Å². The molecular weight excluding hydrogens is 124 g/mol. The summed E-state index contributed by atoms with van der Waals surface area (Å²) < 4.78 is 0. The standard InChI is InChI=1S/C6H15N.C2H3N/c1-2-3-4-5-6-7;1-2-3/h2-7H2,1H3;1H3. The van der Waals surface area contributed by atoms with Gasteiger partial charge in [-0.05, 0) is 13.0 Å². The minimum Gasteiger partial charge on any atom is -0.330 e. The van der Waals surface area contributed by atoms with E-state index in [2.05, 4.69) is 6.92 Å². The van der Waals surface area contributed by atoms with Crippen LogP contribution in [-0.2, 0) is 0 Å². The lowest BCUT2D eigenvalue weighted by Crippen LogP contribution is -1.97. The van der Waals surface area contributed by atoms with Gasteiger partial charge in [0.05, 0.1) is 6.07 Å². The van der Waals surface area contributed by atoms with Gasteiger partial charge < -0.3 is 5.73 Å². The Balaban J connectivity index is 0. The first-order valence-electron chi connectivity index (χ1n) is 3.84. The van der Waals surface area contributed by atoms with Crippen LogP contribution in [0.5, 0.6) is 0 Å². The number of nitrogens with two attached hydrogens (primary N) is 1. The second kappa shape index (κ2) is 15.8. The summed E-state index contributed by atoms with van der Waals surface area (Å²) in [5.41, 5.74) is 5.27. The van der Waals surface area contributed by atoms with E-state index in [9.17, 15) is 0 Å². The highest BCUT2D eigenvalue weighted by Crippen LogP contribution is 1.95. The third-order valence-electron chi connectivity index (χ3n) is 1.06. The number of rotatable bonds is 4. The van der Waals surface area contributed by atoms with E-state index in [1.807, 2.05) is 0 Å². The first-order valence-corrected chi connectivity index (χ1v) is 3.84. The van der Waals surface area contributed by atoms with Crippen LogP contribution in [0, 0.1) is 11.3 Å². The highest BCUT2D eigenvalue weighted by Gasteiger charge is 1.80. The van der Waals surface area contributed by atoms with Crippen LogP contribution >= 0.6 is 0 Å². The lowest BCUT2D eigenvalue weighted by atomic mass is 10.2. The van der Waals surface area contributed by atoms with Gasteiger partial charge in [0.15, 0.2) is 0 Å². The molecule has 10 heavy (non-hydrogen) atoms. The Morgan fingerprint density at radius 3 is 2.10 bits per heavy atom. The smallest absolute Gasteiger partial charge is 0.0587 e. The third-order valence-corrected chi connectivity index (χ3v) is 1.06. The number of nitriles is 1. The number of hydrogen-bond donors (Lipinski definition) is 1. The van der Waals surface area contributed by atoms with Gasteiger partial charge in [0, 0.05) is 6.92 Å². The molecule has 0 aliphatic rings. The van der Waals surface area contributed by atoms with Crippen molar-refractivity contribution in [1.29, 1.82) is 5.26 Å². The maximum atomic E-state index is 7.32. The lowest BCUT2D eigenvalue weighted by Gasteiger charge is -1.90. The molecule has 0 unspecified atom stereocenters. The van der Waals surface area contributed by atoms with Gasteiger partial charge in [0.1, 0.15) is 0 Å². The molecule has 2 nitrogen and oxygen atoms in total. The molecule has 0 heterocycles. The first-order chi connectivity index (χ1) is 4.83. The van der Waals surface area contributed by atoms with E-state index in [1.165, 1.54) is 32.6 Å². The van der Waals surface area contributed by atoms with Gasteiger partial charge in [-0.15, -0.1) is 0 Å². The van der Waals surface area contributed by atoms with Crippen molar-refractivity contribution in [3.63, 3.8) is 0 Å². The summed E-state index contributed by atoms with van der Waals surface area (Å²) in [4.78, 5) is 0. The molecular formula is C8H18N2. The summed E-state index contributed by atoms with van der Waals surface area (Å²) in [5, 5.41) is 7.32. The van der Waals surface area contributed by atoms with Crippen LogP contribution in [0.15, 0.2) is 0 Å². The molecule has 0 aromatic heterocycles. The summed E-state index contributed by atoms with van der Waals surface area (Å²) in [5.74, 6) is 0. The molecule has 0 saturated carbocycles. The van der Waals surface area contributed by atoms with Crippen molar-refractivity contribution in [2.45, 2.75) is 39.5 Å². The SMILES string of the molecule is CC#N.CCCCCCN. The minimum atomic E-state index is 0.861. The van der Waals surface area contributed by atoms with Crippen LogP contribution in [0.3, 0.4) is 0 Å². The second-order valence-electron chi connectivity index (χ2n) is 2.07. The molecule has 0 aromatic rings. The van der Waals surface area contributed by atoms with Gasteiger partial charge in [-0.3, -0.25) is 0 Å². The predicted molar refractivity (Wildman–Crippen MR) is 44.5 cm³/mol. The van der Waals surface area contributed by atoms with Gasteiger partial charge in [0.2, 0.25) is 0 Å². The van der Waals surface area contributed by atoms with Crippen molar-refractivity contribution in [2.24, 2.45) is 5.73 Å². The number of nitrogens with zero attached hydrogens (tertiary/aromatic N) is 1. The van der Waals surface area contributed by atoms with E-state index in [-0.39, 0.29) is 0 Å². The fourth-order valence-corrected chi connectivity index (χ4v) is 0.571. The highest BCUT2D eigenvalue weighted by molar-refractivity contribution is 4.51. The Morgan fingerprint density at radius 1 is 1.30 bits per heavy atom. The van der Waals surface area contributed by atoms with Crippen molar-refractivity contribution in [2.75, 3.05) is 6.54 Å². The molecule has 0 saturated heterocycles. The van der Waals surface area contributed by atoms with Crippen molar-refractivity contribution in [3.05, 3.63) is 0 Å². The van der Waals surface area contributed by atoms with Crippen LogP contribution in [0.1, 0.15) is 39.5 Å². The zero-order valence-electron chi connectivity index (χ0n) is 7.06. The highest BCUT2D eigenvalue weighted by atomic mass is 14.5. The number of hydrogen-bond acceptors (Lipinski definition) is 2. The summed E-state index contributed by atoms with van der Waals surface area (Å²) in [6.45, 7) is 4.50. The molecule has 0 bridgehead atoms. The van der Waals surface area contributed by atoms with Crippen molar-refractivity contribution >= 4 is 0 Å². The zero-order valence-corrected chi connectivity index (χ0v) is 7.06. The Hall–Kier alpha value is -0.550. The van der Waals surface area contributed by atoms with Gasteiger partial charge in [0.25, 0.3) is 0 Å². The Morgan fingerprint density at radius 2 is 1.80 bits per heavy atom. The molecule has 0 atom stereocenters. The van der Waals surface area contributed by atoms with E-state index in [1.54, 1.807) is 6.07 Å². The molecule has 0 aliphatic carbocycles. The normalized spacial score (nSPS) is 7.40. The first kappa shape index (κ1) is 12.2. The second-order valence-corrected chi connectivity index (χ2v) is 2.07. The Labute approximate surface area is 64.0 Å². The molecule has 0 fully saturated rings. The molecule has 0 rings (SSSR count). The van der Waals surface area contributed by atoms with E-state index < -0.39 is 0 Å². The van der Waals surface area contributed by atoms with Crippen LogP contribution in [-0.4, -0.2) is 6.54 Å². The summed E-state index contributed by atoms with van der Waals surface area (Å²) in [6.07, 6.45) is 5.16. The third kappa shape index (κ3) is 26.0. The molecule has 0 spiro atoms. The fraction of sp³-hybridized carbons (Fsp3) is 0.875. The summed E-state index contributed by atoms with van der Waals surface area (Å²) >= 11 is 0. The van der Waals surface area contributed by atoms with E-state index in [0.29, 0.717) is 0 Å². The molecule has 0 aliphatic heterocycles. The lowest BCUT2D eigenvalue weighted by molar-refractivity contribution is 0.674. The largest absolute Gasteiger partial charge is 0.330 e. The van der Waals surface area contributed by atoms with Gasteiger partial charge in [-0.2, -0.15) is 5.26 Å². The average molecular weight is 142 g/mol. The molecule has 0 aromatic carbocycles. The average Bonchev–Trinajstić information content (AvgIpc) is 1.91. The molecule has 0 amide bonds. The van der Waals surface area contributed by atoms with Gasteiger partial charge in [-0.1, -0.05) is 26.2 Å². The molecule has 0 radical (unpaired) electrons. The van der Waals surface area contributed by atoms with E-state index in [0.717, 1.165) is 6.54 Å². The van der Waals surface area contributed by atoms with E-state index in [4.69, 9.17) is 11.0 Å². The maximum Gasteiger partial charge on any atom is 0.0587 e. The zero-order chi connectivity index (χ0) is 8.24. The molecule has 2 N–H and O–H groups in total. The van der Waals surface area contributed by atoms with Crippen LogP contribution < -0.4 is 5.73 Å². The van der Waals surface area contributed by atoms with E-state index >= 15 is 0 Å². The van der Waals surface area contributed by atoms with Gasteiger partial charge in [-0.25, -0.2) is 0 Å². The topological polar surface area (TPSA) is 49.8 Å². The van der Waals surface area contributed by atoms with Crippen LogP contribution in [0.4, 0.5) is 0 Å². The van der Waals surface area contributed by atoms with Crippen molar-refractivity contribution in [3.8, 4) is 6.07 Å². The summed E-state index contributed by atoms with van der Waals surface area (Å²) in [6, 6.07) is 1.75. The quantitative estimate of drug-likeness (QED) is 0.611. The van der Waals surface area contributed by atoms with Crippen molar-refractivity contribution < 1.29 is 0 Å².